The van der Waals surface area contributed by atoms with E-state index in [-0.39, 0.29) is 6.04 Å². The van der Waals surface area contributed by atoms with Crippen LogP contribution in [0.1, 0.15) is 30.9 Å². The lowest BCUT2D eigenvalue weighted by atomic mass is 10.0. The van der Waals surface area contributed by atoms with Crippen LogP contribution >= 0.6 is 11.3 Å². The smallest absolute Gasteiger partial charge is 0.252 e. The zero-order chi connectivity index (χ0) is 15.6. The molecule has 0 spiro atoms. The van der Waals surface area contributed by atoms with Crippen LogP contribution in [0.5, 0.6) is 0 Å². The summed E-state index contributed by atoms with van der Waals surface area (Å²) in [5.74, 6) is 0. The van der Waals surface area contributed by atoms with E-state index in [1.54, 1.807) is 21.8 Å². The monoisotopic (exact) mass is 337 g/mol. The largest absolute Gasteiger partial charge is 0.388 e. The topological polar surface area (TPSA) is 57.6 Å². The Hall–Kier alpha value is -1.21. The summed E-state index contributed by atoms with van der Waals surface area (Å²) in [4.78, 5) is 0. The van der Waals surface area contributed by atoms with Crippen molar-refractivity contribution < 1.29 is 13.5 Å². The molecule has 0 aliphatic carbocycles. The van der Waals surface area contributed by atoms with Crippen LogP contribution in [0.4, 0.5) is 0 Å². The van der Waals surface area contributed by atoms with Crippen LogP contribution in [-0.4, -0.2) is 30.4 Å². The average Bonchev–Trinajstić information content (AvgIpc) is 3.20. The first-order chi connectivity index (χ1) is 10.6. The average molecular weight is 337 g/mol. The van der Waals surface area contributed by atoms with Crippen molar-refractivity contribution in [1.29, 1.82) is 0 Å². The number of aliphatic hydroxyl groups excluding tert-OH is 1. The van der Waals surface area contributed by atoms with E-state index in [2.05, 4.69) is 0 Å². The molecule has 1 fully saturated rings. The van der Waals surface area contributed by atoms with E-state index < -0.39 is 16.1 Å². The molecule has 4 nitrogen and oxygen atoms in total. The Morgan fingerprint density at radius 3 is 2.68 bits per heavy atom. The fraction of sp³-hybridized carbons (Fsp3) is 0.375. The predicted molar refractivity (Wildman–Crippen MR) is 87.3 cm³/mol. The Bertz CT molecular complexity index is 698. The second-order valence-corrected chi connectivity index (χ2v) is 8.57. The molecule has 2 aromatic rings. The molecule has 3 rings (SSSR count). The van der Waals surface area contributed by atoms with Gasteiger partial charge >= 0.3 is 0 Å². The van der Waals surface area contributed by atoms with Gasteiger partial charge < -0.3 is 5.11 Å². The second kappa shape index (κ2) is 6.50. The van der Waals surface area contributed by atoms with Crippen molar-refractivity contribution in [3.05, 3.63) is 53.4 Å². The quantitative estimate of drug-likeness (QED) is 0.912. The Morgan fingerprint density at radius 2 is 2.00 bits per heavy atom. The number of sulfonamides is 1. The van der Waals surface area contributed by atoms with Crippen LogP contribution in [0, 0.1) is 0 Å². The zero-order valence-corrected chi connectivity index (χ0v) is 13.8. The molecule has 22 heavy (non-hydrogen) atoms. The fourth-order valence-corrected chi connectivity index (χ4v) is 5.78. The van der Waals surface area contributed by atoms with Crippen LogP contribution in [-0.2, 0) is 10.0 Å². The summed E-state index contributed by atoms with van der Waals surface area (Å²) < 4.78 is 27.3. The highest BCUT2D eigenvalue weighted by Crippen LogP contribution is 2.33. The van der Waals surface area contributed by atoms with Crippen LogP contribution in [0.15, 0.2) is 52.1 Å². The second-order valence-electron chi connectivity index (χ2n) is 5.51. The van der Waals surface area contributed by atoms with E-state index in [1.165, 1.54) is 11.3 Å². The number of hydrogen-bond donors (Lipinski definition) is 1. The molecule has 0 unspecified atom stereocenters. The van der Waals surface area contributed by atoms with Crippen LogP contribution in [0.3, 0.4) is 0 Å². The maximum atomic E-state index is 12.7. The van der Waals surface area contributed by atoms with Gasteiger partial charge in [-0.1, -0.05) is 36.4 Å². The van der Waals surface area contributed by atoms with Crippen molar-refractivity contribution >= 4 is 21.4 Å². The summed E-state index contributed by atoms with van der Waals surface area (Å²) in [6.45, 7) is 0.534. The molecule has 2 heterocycles. The minimum atomic E-state index is -3.43. The highest BCUT2D eigenvalue weighted by atomic mass is 32.2. The lowest BCUT2D eigenvalue weighted by Crippen LogP contribution is -2.36. The van der Waals surface area contributed by atoms with Crippen molar-refractivity contribution in [2.45, 2.75) is 35.6 Å². The number of rotatable bonds is 5. The number of benzene rings is 1. The number of aliphatic hydroxyl groups is 1. The van der Waals surface area contributed by atoms with Gasteiger partial charge in [-0.25, -0.2) is 8.42 Å². The summed E-state index contributed by atoms with van der Waals surface area (Å²) in [5.41, 5.74) is 0.836. The van der Waals surface area contributed by atoms with Crippen LogP contribution in [0.2, 0.25) is 0 Å². The third kappa shape index (κ3) is 3.10. The number of hydrogen-bond acceptors (Lipinski definition) is 4. The Kier molecular flexibility index (Phi) is 4.63. The third-order valence-corrected chi connectivity index (χ3v) is 7.39. The van der Waals surface area contributed by atoms with Gasteiger partial charge in [0, 0.05) is 12.6 Å². The standard InChI is InChI=1S/C16H19NO3S2/c18-15(13-6-2-1-3-7-13)12-14-8-4-10-17(14)22(19,20)16-9-5-11-21-16/h1-3,5-7,9,11,14-15,18H,4,8,10,12H2/t14-,15+/m0/s1. The van der Waals surface area contributed by atoms with Gasteiger partial charge in [0.05, 0.1) is 6.10 Å². The molecule has 1 N–H and O–H groups in total. The number of thiophene rings is 1. The normalized spacial score (nSPS) is 21.0. The first-order valence-corrected chi connectivity index (χ1v) is 9.69. The molecule has 6 heteroatoms. The Labute approximate surface area is 135 Å². The van der Waals surface area contributed by atoms with Gasteiger partial charge in [-0.3, -0.25) is 0 Å². The first kappa shape index (κ1) is 15.7. The molecule has 2 atom stereocenters. The molecular formula is C16H19NO3S2. The molecule has 0 saturated carbocycles. The van der Waals surface area contributed by atoms with Gasteiger partial charge in [-0.05, 0) is 36.3 Å². The van der Waals surface area contributed by atoms with Crippen molar-refractivity contribution in [3.63, 3.8) is 0 Å². The predicted octanol–water partition coefficient (Wildman–Crippen LogP) is 3.02. The lowest BCUT2D eigenvalue weighted by Gasteiger charge is -2.25. The Balaban J connectivity index is 1.77. The highest BCUT2D eigenvalue weighted by Gasteiger charge is 2.36. The fourth-order valence-electron chi connectivity index (χ4n) is 2.96. The van der Waals surface area contributed by atoms with E-state index >= 15 is 0 Å². The maximum absolute atomic E-state index is 12.7. The zero-order valence-electron chi connectivity index (χ0n) is 12.1. The molecule has 1 aliphatic heterocycles. The van der Waals surface area contributed by atoms with Gasteiger partial charge in [-0.15, -0.1) is 11.3 Å². The molecule has 0 amide bonds. The van der Waals surface area contributed by atoms with Crippen molar-refractivity contribution in [1.82, 2.24) is 4.31 Å². The molecule has 0 radical (unpaired) electrons. The van der Waals surface area contributed by atoms with Crippen molar-refractivity contribution in [2.24, 2.45) is 0 Å². The summed E-state index contributed by atoms with van der Waals surface area (Å²) >= 11 is 1.24. The van der Waals surface area contributed by atoms with E-state index in [1.807, 2.05) is 30.3 Å². The summed E-state index contributed by atoms with van der Waals surface area (Å²) in [7, 11) is -3.43. The molecule has 1 aliphatic rings. The maximum Gasteiger partial charge on any atom is 0.252 e. The number of nitrogens with zero attached hydrogens (tertiary/aromatic N) is 1. The van der Waals surface area contributed by atoms with Gasteiger partial charge in [-0.2, -0.15) is 4.31 Å². The summed E-state index contributed by atoms with van der Waals surface area (Å²) in [6.07, 6.45) is 1.45. The van der Waals surface area contributed by atoms with Gasteiger partial charge in [0.1, 0.15) is 4.21 Å². The SMILES string of the molecule is O=S(=O)(c1cccs1)N1CCC[C@H]1C[C@@H](O)c1ccccc1. The Morgan fingerprint density at radius 1 is 1.23 bits per heavy atom. The van der Waals surface area contributed by atoms with E-state index in [0.29, 0.717) is 17.2 Å². The van der Waals surface area contributed by atoms with Crippen LogP contribution < -0.4 is 0 Å². The third-order valence-electron chi connectivity index (χ3n) is 4.06. The molecular weight excluding hydrogens is 318 g/mol. The molecule has 1 aromatic carbocycles. The van der Waals surface area contributed by atoms with Gasteiger partial charge in [0.15, 0.2) is 0 Å². The molecule has 118 valence electrons. The van der Waals surface area contributed by atoms with Gasteiger partial charge in [0.2, 0.25) is 0 Å². The molecule has 1 saturated heterocycles. The van der Waals surface area contributed by atoms with Crippen molar-refractivity contribution in [2.75, 3.05) is 6.54 Å². The van der Waals surface area contributed by atoms with E-state index in [4.69, 9.17) is 0 Å². The minimum Gasteiger partial charge on any atom is -0.388 e. The van der Waals surface area contributed by atoms with Crippen LogP contribution in [0.25, 0.3) is 0 Å². The lowest BCUT2D eigenvalue weighted by molar-refractivity contribution is 0.142. The summed E-state index contributed by atoms with van der Waals surface area (Å²) in [6, 6.07) is 12.7. The van der Waals surface area contributed by atoms with Gasteiger partial charge in [0.25, 0.3) is 10.0 Å². The molecule has 0 bridgehead atoms. The highest BCUT2D eigenvalue weighted by molar-refractivity contribution is 7.91. The van der Waals surface area contributed by atoms with Crippen molar-refractivity contribution in [3.8, 4) is 0 Å². The first-order valence-electron chi connectivity index (χ1n) is 7.37. The molecule has 1 aromatic heterocycles. The minimum absolute atomic E-state index is 0.137. The van der Waals surface area contributed by atoms with E-state index in [0.717, 1.165) is 18.4 Å². The van der Waals surface area contributed by atoms with E-state index in [9.17, 15) is 13.5 Å². The summed E-state index contributed by atoms with van der Waals surface area (Å²) in [5, 5.41) is 12.2.